The van der Waals surface area contributed by atoms with E-state index in [4.69, 9.17) is 16.3 Å². The third-order valence-corrected chi connectivity index (χ3v) is 7.00. The quantitative estimate of drug-likeness (QED) is 0.581. The highest BCUT2D eigenvalue weighted by atomic mass is 35.5. The van der Waals surface area contributed by atoms with Gasteiger partial charge in [-0.1, -0.05) is 25.4 Å². The van der Waals surface area contributed by atoms with E-state index in [1.165, 1.54) is 29.4 Å². The number of carbonyl (C=O) groups is 2. The lowest BCUT2D eigenvalue weighted by atomic mass is 10.1. The van der Waals surface area contributed by atoms with Gasteiger partial charge in [0.05, 0.1) is 5.02 Å². The number of carbonyl (C=O) groups excluding carboxylic acids is 2. The number of anilines is 1. The van der Waals surface area contributed by atoms with Crippen molar-refractivity contribution in [2.75, 3.05) is 18.4 Å². The Morgan fingerprint density at radius 2 is 1.70 bits per heavy atom. The second-order valence-electron chi connectivity index (χ2n) is 6.56. The fraction of sp³-hybridized carbons (Fsp3) is 0.333. The van der Waals surface area contributed by atoms with Crippen LogP contribution in [0.25, 0.3) is 0 Å². The first-order chi connectivity index (χ1) is 14.1. The van der Waals surface area contributed by atoms with Crippen LogP contribution in [0.2, 0.25) is 5.02 Å². The summed E-state index contributed by atoms with van der Waals surface area (Å²) in [7, 11) is -3.78. The molecule has 1 N–H and O–H groups in total. The van der Waals surface area contributed by atoms with Crippen molar-refractivity contribution in [2.45, 2.75) is 38.7 Å². The minimum absolute atomic E-state index is 0.0643. The molecule has 0 aliphatic rings. The summed E-state index contributed by atoms with van der Waals surface area (Å²) in [6, 6.07) is 10.7. The molecule has 162 valence electrons. The number of rotatable bonds is 9. The molecule has 0 heterocycles. The largest absolute Gasteiger partial charge is 0.481 e. The maximum atomic E-state index is 12.8. The number of hydrogen-bond donors (Lipinski definition) is 1. The Hall–Kier alpha value is -2.42. The first kappa shape index (κ1) is 23.9. The van der Waals surface area contributed by atoms with Gasteiger partial charge in [0.1, 0.15) is 10.6 Å². The smallest absolute Gasteiger partial charge is 0.265 e. The monoisotopic (exact) mass is 452 g/mol. The molecule has 0 saturated carbocycles. The summed E-state index contributed by atoms with van der Waals surface area (Å²) >= 11 is 6.11. The predicted octanol–water partition coefficient (Wildman–Crippen LogP) is 3.98. The number of sulfonamides is 1. The molecule has 0 fully saturated rings. The number of benzene rings is 2. The number of Topliss-reactive ketones (excluding diaryl/α,β-unsaturated/α-hetero) is 1. The van der Waals surface area contributed by atoms with Crippen LogP contribution in [0.1, 0.15) is 38.1 Å². The van der Waals surface area contributed by atoms with Crippen molar-refractivity contribution < 1.29 is 22.7 Å². The fourth-order valence-electron chi connectivity index (χ4n) is 2.75. The molecular weight excluding hydrogens is 428 g/mol. The van der Waals surface area contributed by atoms with Crippen LogP contribution in [0.15, 0.2) is 47.4 Å². The molecule has 30 heavy (non-hydrogen) atoms. The Labute approximate surface area is 182 Å². The molecule has 0 bridgehead atoms. The van der Waals surface area contributed by atoms with Crippen molar-refractivity contribution in [1.29, 1.82) is 0 Å². The lowest BCUT2D eigenvalue weighted by Crippen LogP contribution is -2.31. The van der Waals surface area contributed by atoms with Crippen LogP contribution in [0.5, 0.6) is 5.75 Å². The summed E-state index contributed by atoms with van der Waals surface area (Å²) in [6.45, 7) is 7.12. The van der Waals surface area contributed by atoms with E-state index in [0.717, 1.165) is 0 Å². The van der Waals surface area contributed by atoms with Crippen LogP contribution in [0.3, 0.4) is 0 Å². The Kier molecular flexibility index (Phi) is 8.00. The summed E-state index contributed by atoms with van der Waals surface area (Å²) in [4.78, 5) is 23.8. The highest BCUT2D eigenvalue weighted by molar-refractivity contribution is 7.89. The Morgan fingerprint density at radius 1 is 1.10 bits per heavy atom. The van der Waals surface area contributed by atoms with Crippen molar-refractivity contribution in [3.05, 3.63) is 53.1 Å². The normalized spacial score (nSPS) is 12.5. The van der Waals surface area contributed by atoms with Gasteiger partial charge in [-0.05, 0) is 56.3 Å². The molecule has 7 nitrogen and oxygen atoms in total. The van der Waals surface area contributed by atoms with Crippen molar-refractivity contribution in [2.24, 2.45) is 0 Å². The van der Waals surface area contributed by atoms with Crippen LogP contribution < -0.4 is 10.1 Å². The van der Waals surface area contributed by atoms with E-state index in [1.807, 2.05) is 0 Å². The molecule has 9 heteroatoms. The van der Waals surface area contributed by atoms with Gasteiger partial charge in [0.25, 0.3) is 5.91 Å². The highest BCUT2D eigenvalue weighted by Gasteiger charge is 2.25. The van der Waals surface area contributed by atoms with Gasteiger partial charge in [-0.25, -0.2) is 8.42 Å². The van der Waals surface area contributed by atoms with E-state index in [0.29, 0.717) is 24.4 Å². The molecule has 0 radical (unpaired) electrons. The summed E-state index contributed by atoms with van der Waals surface area (Å²) in [5.41, 5.74) is 0.833. The molecule has 0 spiro atoms. The van der Waals surface area contributed by atoms with Crippen LogP contribution in [0, 0.1) is 0 Å². The third kappa shape index (κ3) is 5.59. The molecule has 2 aromatic carbocycles. The summed E-state index contributed by atoms with van der Waals surface area (Å²) < 4.78 is 32.5. The number of amides is 1. The second-order valence-corrected chi connectivity index (χ2v) is 8.88. The molecule has 0 aliphatic carbocycles. The van der Waals surface area contributed by atoms with E-state index < -0.39 is 22.0 Å². The van der Waals surface area contributed by atoms with Crippen molar-refractivity contribution in [1.82, 2.24) is 4.31 Å². The minimum Gasteiger partial charge on any atom is -0.481 e. The predicted molar refractivity (Wildman–Crippen MR) is 117 cm³/mol. The fourth-order valence-corrected chi connectivity index (χ4v) is 4.71. The standard InChI is InChI=1S/C21H25ClN2O5S/c1-5-24(6-2)30(27,28)20-13-17(9-12-19(20)22)23-21(26)15(4)29-18-10-7-16(8-11-18)14(3)25/h7-13,15H,5-6H2,1-4H3,(H,23,26). The molecule has 2 rings (SSSR count). The summed E-state index contributed by atoms with van der Waals surface area (Å²) in [5.74, 6) is -0.0896. The van der Waals surface area contributed by atoms with Gasteiger partial charge in [0, 0.05) is 24.3 Å². The van der Waals surface area contributed by atoms with Gasteiger partial charge in [-0.2, -0.15) is 4.31 Å². The van der Waals surface area contributed by atoms with Crippen molar-refractivity contribution in [3.8, 4) is 5.75 Å². The highest BCUT2D eigenvalue weighted by Crippen LogP contribution is 2.28. The SMILES string of the molecule is CCN(CC)S(=O)(=O)c1cc(NC(=O)C(C)Oc2ccc(C(C)=O)cc2)ccc1Cl. The Balaban J connectivity index is 2.15. The van der Waals surface area contributed by atoms with Gasteiger partial charge >= 0.3 is 0 Å². The number of ketones is 1. The van der Waals surface area contributed by atoms with Crippen LogP contribution in [-0.2, 0) is 14.8 Å². The molecule has 1 atom stereocenters. The Bertz CT molecular complexity index is 1020. The van der Waals surface area contributed by atoms with Crippen LogP contribution in [-0.4, -0.2) is 43.6 Å². The van der Waals surface area contributed by atoms with Crippen LogP contribution in [0.4, 0.5) is 5.69 Å². The molecule has 0 aliphatic heterocycles. The minimum atomic E-state index is -3.78. The molecular formula is C21H25ClN2O5S. The van der Waals surface area contributed by atoms with Crippen LogP contribution >= 0.6 is 11.6 Å². The molecule has 0 saturated heterocycles. The molecule has 1 amide bonds. The zero-order chi connectivity index (χ0) is 22.5. The summed E-state index contributed by atoms with van der Waals surface area (Å²) in [6.07, 6.45) is -0.855. The number of halogens is 1. The number of nitrogens with one attached hydrogen (secondary N) is 1. The third-order valence-electron chi connectivity index (χ3n) is 4.46. The topological polar surface area (TPSA) is 92.8 Å². The lowest BCUT2D eigenvalue weighted by Gasteiger charge is -2.20. The van der Waals surface area contributed by atoms with E-state index in [9.17, 15) is 18.0 Å². The van der Waals surface area contributed by atoms with Gasteiger partial charge in [0.15, 0.2) is 11.9 Å². The van der Waals surface area contributed by atoms with E-state index in [2.05, 4.69) is 5.32 Å². The maximum Gasteiger partial charge on any atom is 0.265 e. The second kappa shape index (κ2) is 10.1. The first-order valence-corrected chi connectivity index (χ1v) is 11.3. The average molecular weight is 453 g/mol. The van der Waals surface area contributed by atoms with Gasteiger partial charge in [0.2, 0.25) is 10.0 Å². The lowest BCUT2D eigenvalue weighted by molar-refractivity contribution is -0.122. The zero-order valence-corrected chi connectivity index (χ0v) is 18.9. The van der Waals surface area contributed by atoms with Gasteiger partial charge < -0.3 is 10.1 Å². The maximum absolute atomic E-state index is 12.8. The molecule has 1 unspecified atom stereocenters. The number of ether oxygens (including phenoxy) is 1. The van der Waals surface area contributed by atoms with Crippen molar-refractivity contribution in [3.63, 3.8) is 0 Å². The van der Waals surface area contributed by atoms with E-state index in [1.54, 1.807) is 45.0 Å². The van der Waals surface area contributed by atoms with Crippen molar-refractivity contribution >= 4 is 39.0 Å². The molecule has 2 aromatic rings. The number of hydrogen-bond acceptors (Lipinski definition) is 5. The number of nitrogens with zero attached hydrogens (tertiary/aromatic N) is 1. The Morgan fingerprint density at radius 3 is 2.23 bits per heavy atom. The molecule has 0 aromatic heterocycles. The summed E-state index contributed by atoms with van der Waals surface area (Å²) in [5, 5.41) is 2.73. The first-order valence-electron chi connectivity index (χ1n) is 9.48. The van der Waals surface area contributed by atoms with E-state index in [-0.39, 0.29) is 21.4 Å². The van der Waals surface area contributed by atoms with Gasteiger partial charge in [-0.15, -0.1) is 0 Å². The zero-order valence-electron chi connectivity index (χ0n) is 17.3. The van der Waals surface area contributed by atoms with E-state index >= 15 is 0 Å². The average Bonchev–Trinajstić information content (AvgIpc) is 2.70. The van der Waals surface area contributed by atoms with Gasteiger partial charge in [-0.3, -0.25) is 9.59 Å².